The second kappa shape index (κ2) is 7.24. The van der Waals surface area contributed by atoms with Crippen LogP contribution in [0.3, 0.4) is 0 Å². The van der Waals surface area contributed by atoms with Gasteiger partial charge in [-0.05, 0) is 18.1 Å². The number of thioether (sulfide) groups is 1. The van der Waals surface area contributed by atoms with Crippen molar-refractivity contribution in [3.05, 3.63) is 0 Å². The number of hydrogen-bond acceptors (Lipinski definition) is 4. The summed E-state index contributed by atoms with van der Waals surface area (Å²) >= 11 is 1.91. The van der Waals surface area contributed by atoms with Crippen LogP contribution in [0.1, 0.15) is 20.3 Å². The number of hydrogen-bond donors (Lipinski definition) is 1. The fraction of sp³-hybridized carbons (Fsp3) is 0.917. The third-order valence-electron chi connectivity index (χ3n) is 3.17. The number of carbonyl (C=O) groups is 1. The normalized spacial score (nSPS) is 21.8. The fourth-order valence-electron chi connectivity index (χ4n) is 1.91. The molecule has 0 aromatic rings. The summed E-state index contributed by atoms with van der Waals surface area (Å²) in [5.41, 5.74) is 5.96. The van der Waals surface area contributed by atoms with E-state index < -0.39 is 6.04 Å². The second-order valence-corrected chi connectivity index (χ2v) is 5.96. The van der Waals surface area contributed by atoms with Crippen molar-refractivity contribution in [1.82, 2.24) is 4.90 Å². The van der Waals surface area contributed by atoms with Crippen LogP contribution in [0.25, 0.3) is 0 Å². The Morgan fingerprint density at radius 3 is 2.76 bits per heavy atom. The maximum Gasteiger partial charge on any atom is 0.240 e. The number of methoxy groups -OCH3 is 1. The van der Waals surface area contributed by atoms with Crippen LogP contribution in [-0.2, 0) is 9.53 Å². The Labute approximate surface area is 108 Å². The van der Waals surface area contributed by atoms with Crippen LogP contribution >= 0.6 is 11.8 Å². The molecular formula is C12H24N2O2S. The molecule has 17 heavy (non-hydrogen) atoms. The molecule has 1 aliphatic rings. The lowest BCUT2D eigenvalue weighted by Crippen LogP contribution is -2.51. The number of ether oxygens (including phenoxy) is 1. The molecule has 1 rings (SSSR count). The van der Waals surface area contributed by atoms with E-state index >= 15 is 0 Å². The zero-order chi connectivity index (χ0) is 12.8. The molecule has 2 unspecified atom stereocenters. The minimum atomic E-state index is -0.391. The van der Waals surface area contributed by atoms with E-state index in [4.69, 9.17) is 10.5 Å². The van der Waals surface area contributed by atoms with E-state index in [9.17, 15) is 4.79 Å². The maximum absolute atomic E-state index is 12.3. The van der Waals surface area contributed by atoms with Crippen molar-refractivity contribution in [2.75, 3.05) is 31.8 Å². The highest BCUT2D eigenvalue weighted by atomic mass is 32.2. The van der Waals surface area contributed by atoms with E-state index in [1.807, 2.05) is 30.5 Å². The molecule has 1 fully saturated rings. The number of amides is 1. The molecular weight excluding hydrogens is 236 g/mol. The third-order valence-corrected chi connectivity index (χ3v) is 4.31. The van der Waals surface area contributed by atoms with Gasteiger partial charge >= 0.3 is 0 Å². The van der Waals surface area contributed by atoms with E-state index in [2.05, 4.69) is 0 Å². The van der Waals surface area contributed by atoms with Crippen molar-refractivity contribution in [3.63, 3.8) is 0 Å². The van der Waals surface area contributed by atoms with Crippen molar-refractivity contribution >= 4 is 17.7 Å². The first-order chi connectivity index (χ1) is 8.07. The second-order valence-electron chi connectivity index (χ2n) is 4.81. The molecule has 1 saturated heterocycles. The molecule has 0 bridgehead atoms. The van der Waals surface area contributed by atoms with Gasteiger partial charge in [-0.2, -0.15) is 11.8 Å². The van der Waals surface area contributed by atoms with Crippen LogP contribution in [0.2, 0.25) is 0 Å². The molecule has 1 amide bonds. The minimum Gasteiger partial charge on any atom is -0.383 e. The van der Waals surface area contributed by atoms with Crippen LogP contribution < -0.4 is 5.73 Å². The summed E-state index contributed by atoms with van der Waals surface area (Å²) in [6.07, 6.45) is 1.07. The summed E-state index contributed by atoms with van der Waals surface area (Å²) in [6.45, 7) is 5.21. The number of nitrogens with zero attached hydrogens (tertiary/aromatic N) is 1. The lowest BCUT2D eigenvalue weighted by Gasteiger charge is -2.31. The van der Waals surface area contributed by atoms with Crippen LogP contribution in [0.4, 0.5) is 0 Å². The Morgan fingerprint density at radius 1 is 1.59 bits per heavy atom. The highest BCUT2D eigenvalue weighted by Gasteiger charge is 2.30. The summed E-state index contributed by atoms with van der Waals surface area (Å²) in [5, 5.41) is 0. The monoisotopic (exact) mass is 260 g/mol. The van der Waals surface area contributed by atoms with Gasteiger partial charge in [-0.1, -0.05) is 13.8 Å². The molecule has 0 aromatic heterocycles. The van der Waals surface area contributed by atoms with Crippen molar-refractivity contribution in [2.45, 2.75) is 32.4 Å². The van der Waals surface area contributed by atoms with Gasteiger partial charge < -0.3 is 15.4 Å². The average molecular weight is 260 g/mol. The molecule has 1 heterocycles. The number of nitrogens with two attached hydrogens (primary N) is 1. The molecule has 0 radical (unpaired) electrons. The summed E-state index contributed by atoms with van der Waals surface area (Å²) < 4.78 is 5.08. The molecule has 0 aliphatic carbocycles. The molecule has 4 nitrogen and oxygen atoms in total. The van der Waals surface area contributed by atoms with E-state index in [1.54, 1.807) is 7.11 Å². The Hall–Kier alpha value is -0.260. The van der Waals surface area contributed by atoms with E-state index in [0.717, 1.165) is 17.9 Å². The Balaban J connectivity index is 2.63. The van der Waals surface area contributed by atoms with Gasteiger partial charge in [0.2, 0.25) is 5.91 Å². The predicted octanol–water partition coefficient (Wildman–Crippen LogP) is 0.950. The smallest absolute Gasteiger partial charge is 0.240 e. The van der Waals surface area contributed by atoms with Crippen molar-refractivity contribution in [2.24, 2.45) is 11.7 Å². The van der Waals surface area contributed by atoms with Crippen molar-refractivity contribution in [3.8, 4) is 0 Å². The third kappa shape index (κ3) is 4.16. The summed E-state index contributed by atoms with van der Waals surface area (Å²) in [6, 6.07) is -0.0510. The molecule has 2 atom stereocenters. The van der Waals surface area contributed by atoms with Gasteiger partial charge in [-0.15, -0.1) is 0 Å². The van der Waals surface area contributed by atoms with Gasteiger partial charge in [0.1, 0.15) is 0 Å². The van der Waals surface area contributed by atoms with Crippen molar-refractivity contribution < 1.29 is 9.53 Å². The molecule has 5 heteroatoms. The predicted molar refractivity (Wildman–Crippen MR) is 72.1 cm³/mol. The SMILES string of the molecule is COCCN(C(=O)C(N)C(C)C)C1CCSC1. The van der Waals surface area contributed by atoms with Gasteiger partial charge in [0.25, 0.3) is 0 Å². The van der Waals surface area contributed by atoms with Gasteiger partial charge in [-0.25, -0.2) is 0 Å². The summed E-state index contributed by atoms with van der Waals surface area (Å²) in [5.74, 6) is 2.42. The van der Waals surface area contributed by atoms with Gasteiger partial charge in [0.15, 0.2) is 0 Å². The first kappa shape index (κ1) is 14.8. The lowest BCUT2D eigenvalue weighted by atomic mass is 10.0. The largest absolute Gasteiger partial charge is 0.383 e. The Kier molecular flexibility index (Phi) is 6.30. The Morgan fingerprint density at radius 2 is 2.29 bits per heavy atom. The molecule has 1 aliphatic heterocycles. The summed E-state index contributed by atoms with van der Waals surface area (Å²) in [7, 11) is 1.66. The van der Waals surface area contributed by atoms with Crippen LogP contribution in [-0.4, -0.2) is 54.7 Å². The van der Waals surface area contributed by atoms with Crippen LogP contribution in [0, 0.1) is 5.92 Å². The quantitative estimate of drug-likeness (QED) is 0.772. The summed E-state index contributed by atoms with van der Waals surface area (Å²) in [4.78, 5) is 14.2. The minimum absolute atomic E-state index is 0.0737. The fourth-order valence-corrected chi connectivity index (χ4v) is 3.13. The molecule has 0 saturated carbocycles. The molecule has 2 N–H and O–H groups in total. The zero-order valence-corrected chi connectivity index (χ0v) is 11.8. The van der Waals surface area contributed by atoms with Gasteiger partial charge in [0, 0.05) is 25.4 Å². The highest BCUT2D eigenvalue weighted by Crippen LogP contribution is 2.23. The number of rotatable bonds is 6. The molecule has 0 spiro atoms. The van der Waals surface area contributed by atoms with Crippen LogP contribution in [0.15, 0.2) is 0 Å². The van der Waals surface area contributed by atoms with E-state index in [-0.39, 0.29) is 11.8 Å². The highest BCUT2D eigenvalue weighted by molar-refractivity contribution is 7.99. The lowest BCUT2D eigenvalue weighted by molar-refractivity contribution is -0.136. The molecule has 0 aromatic carbocycles. The average Bonchev–Trinajstić information content (AvgIpc) is 2.81. The van der Waals surface area contributed by atoms with E-state index in [1.165, 1.54) is 0 Å². The topological polar surface area (TPSA) is 55.6 Å². The molecule has 100 valence electrons. The standard InChI is InChI=1S/C12H24N2O2S/c1-9(2)11(13)12(15)14(5-6-16-3)10-4-7-17-8-10/h9-11H,4-8,13H2,1-3H3. The van der Waals surface area contributed by atoms with Crippen molar-refractivity contribution in [1.29, 1.82) is 0 Å². The Bertz CT molecular complexity index is 243. The van der Waals surface area contributed by atoms with Gasteiger partial charge in [-0.3, -0.25) is 4.79 Å². The number of carbonyl (C=O) groups excluding carboxylic acids is 1. The van der Waals surface area contributed by atoms with E-state index in [0.29, 0.717) is 19.2 Å². The first-order valence-corrected chi connectivity index (χ1v) is 7.36. The first-order valence-electron chi connectivity index (χ1n) is 6.20. The van der Waals surface area contributed by atoms with Gasteiger partial charge in [0.05, 0.1) is 12.6 Å². The van der Waals surface area contributed by atoms with Crippen LogP contribution in [0.5, 0.6) is 0 Å². The maximum atomic E-state index is 12.3. The zero-order valence-electron chi connectivity index (χ0n) is 11.0.